The maximum atomic E-state index is 12.2. The third-order valence-electron chi connectivity index (χ3n) is 4.17. The van der Waals surface area contributed by atoms with Crippen LogP contribution in [0.5, 0.6) is 0 Å². The van der Waals surface area contributed by atoms with Crippen molar-refractivity contribution in [1.82, 2.24) is 5.32 Å². The second-order valence-corrected chi connectivity index (χ2v) is 9.20. The molecule has 32 heavy (non-hydrogen) atoms. The molecular formula is C24H31NO6S. The van der Waals surface area contributed by atoms with E-state index in [2.05, 4.69) is 5.32 Å². The maximum Gasteiger partial charge on any atom is 0.508 e. The van der Waals surface area contributed by atoms with Crippen LogP contribution in [-0.4, -0.2) is 47.5 Å². The smallest absolute Gasteiger partial charge is 0.444 e. The molecule has 0 aliphatic heterocycles. The van der Waals surface area contributed by atoms with Gasteiger partial charge in [0.05, 0.1) is 18.8 Å². The summed E-state index contributed by atoms with van der Waals surface area (Å²) in [5.74, 6) is 0.420. The molecular weight excluding hydrogens is 430 g/mol. The van der Waals surface area contributed by atoms with Crippen molar-refractivity contribution in [2.24, 2.45) is 0 Å². The monoisotopic (exact) mass is 461 g/mol. The number of carbonyl (C=O) groups is 2. The van der Waals surface area contributed by atoms with Crippen molar-refractivity contribution in [2.45, 2.75) is 56.4 Å². The molecule has 0 spiro atoms. The minimum atomic E-state index is -0.944. The average Bonchev–Trinajstić information content (AvgIpc) is 2.75. The number of aliphatic hydroxyl groups is 1. The molecule has 0 saturated heterocycles. The van der Waals surface area contributed by atoms with E-state index in [1.807, 2.05) is 60.7 Å². The lowest BCUT2D eigenvalue weighted by Gasteiger charge is -2.26. The molecule has 2 unspecified atom stereocenters. The van der Waals surface area contributed by atoms with Gasteiger partial charge in [0.2, 0.25) is 0 Å². The Balaban J connectivity index is 1.83. The van der Waals surface area contributed by atoms with E-state index in [0.29, 0.717) is 5.75 Å². The highest BCUT2D eigenvalue weighted by molar-refractivity contribution is 7.99. The van der Waals surface area contributed by atoms with E-state index in [1.165, 1.54) is 11.8 Å². The largest absolute Gasteiger partial charge is 0.508 e. The van der Waals surface area contributed by atoms with Crippen molar-refractivity contribution in [1.29, 1.82) is 0 Å². The van der Waals surface area contributed by atoms with Gasteiger partial charge in [0, 0.05) is 17.1 Å². The molecule has 2 N–H and O–H groups in total. The molecule has 2 aromatic rings. The van der Waals surface area contributed by atoms with Crippen LogP contribution in [0.15, 0.2) is 65.6 Å². The summed E-state index contributed by atoms with van der Waals surface area (Å²) >= 11 is 1.50. The Labute approximate surface area is 193 Å². The van der Waals surface area contributed by atoms with Gasteiger partial charge in [-0.25, -0.2) is 9.59 Å². The Bertz CT molecular complexity index is 825. The van der Waals surface area contributed by atoms with E-state index in [-0.39, 0.29) is 19.6 Å². The molecule has 8 heteroatoms. The Kier molecular flexibility index (Phi) is 10.4. The minimum Gasteiger partial charge on any atom is -0.444 e. The number of carbonyl (C=O) groups excluding carboxylic acids is 2. The number of hydrogen-bond acceptors (Lipinski definition) is 7. The number of rotatable bonds is 10. The summed E-state index contributed by atoms with van der Waals surface area (Å²) in [7, 11) is 0. The summed E-state index contributed by atoms with van der Waals surface area (Å²) in [5, 5.41) is 13.4. The van der Waals surface area contributed by atoms with E-state index < -0.39 is 30.0 Å². The first-order valence-corrected chi connectivity index (χ1v) is 11.4. The van der Waals surface area contributed by atoms with Crippen LogP contribution in [0.25, 0.3) is 0 Å². The fourth-order valence-corrected chi connectivity index (χ4v) is 3.66. The van der Waals surface area contributed by atoms with Crippen LogP contribution in [0.1, 0.15) is 32.8 Å². The summed E-state index contributed by atoms with van der Waals surface area (Å²) in [5.41, 5.74) is 0.196. The number of aliphatic hydroxyl groups excluding tert-OH is 1. The SMILES string of the molecule is CC(C)(C)OC(=O)NC(CSc1ccccc1)C(O)CCOC(=O)OCc1ccccc1. The molecule has 0 bridgehead atoms. The van der Waals surface area contributed by atoms with Crippen LogP contribution < -0.4 is 5.32 Å². The van der Waals surface area contributed by atoms with E-state index in [9.17, 15) is 14.7 Å². The molecule has 7 nitrogen and oxygen atoms in total. The summed E-state index contributed by atoms with van der Waals surface area (Å²) in [6, 6.07) is 18.3. The van der Waals surface area contributed by atoms with E-state index in [0.717, 1.165) is 10.5 Å². The predicted molar refractivity (Wildman–Crippen MR) is 124 cm³/mol. The number of benzene rings is 2. The average molecular weight is 462 g/mol. The minimum absolute atomic E-state index is 0.0444. The molecule has 2 atom stereocenters. The molecule has 0 heterocycles. The van der Waals surface area contributed by atoms with Crippen LogP contribution >= 0.6 is 11.8 Å². The molecule has 2 rings (SSSR count). The number of alkyl carbamates (subject to hydrolysis) is 1. The number of hydrogen-bond donors (Lipinski definition) is 2. The highest BCUT2D eigenvalue weighted by Gasteiger charge is 2.25. The Morgan fingerprint density at radius 1 is 1.00 bits per heavy atom. The van der Waals surface area contributed by atoms with E-state index in [4.69, 9.17) is 14.2 Å². The topological polar surface area (TPSA) is 94.1 Å². The Morgan fingerprint density at radius 2 is 1.62 bits per heavy atom. The van der Waals surface area contributed by atoms with E-state index in [1.54, 1.807) is 20.8 Å². The Hall–Kier alpha value is -2.71. The number of nitrogens with one attached hydrogen (secondary N) is 1. The number of amides is 1. The lowest BCUT2D eigenvalue weighted by Crippen LogP contribution is -2.47. The summed E-state index contributed by atoms with van der Waals surface area (Å²) < 4.78 is 15.4. The summed E-state index contributed by atoms with van der Waals surface area (Å²) in [4.78, 5) is 25.0. The zero-order chi connectivity index (χ0) is 23.4. The predicted octanol–water partition coefficient (Wildman–Crippen LogP) is 4.78. The molecule has 0 saturated carbocycles. The van der Waals surface area contributed by atoms with Crippen LogP contribution in [0, 0.1) is 0 Å². The zero-order valence-electron chi connectivity index (χ0n) is 18.7. The molecule has 0 aliphatic rings. The molecule has 0 aromatic heterocycles. The van der Waals surface area contributed by atoms with Crippen LogP contribution in [0.2, 0.25) is 0 Å². The lowest BCUT2D eigenvalue weighted by atomic mass is 10.1. The molecule has 2 aromatic carbocycles. The molecule has 0 radical (unpaired) electrons. The van der Waals surface area contributed by atoms with Crippen molar-refractivity contribution in [3.63, 3.8) is 0 Å². The Morgan fingerprint density at radius 3 is 2.25 bits per heavy atom. The van der Waals surface area contributed by atoms with Crippen LogP contribution in [0.4, 0.5) is 9.59 Å². The van der Waals surface area contributed by atoms with Gasteiger partial charge in [-0.05, 0) is 38.5 Å². The van der Waals surface area contributed by atoms with Gasteiger partial charge in [0.15, 0.2) is 0 Å². The first-order chi connectivity index (χ1) is 15.2. The van der Waals surface area contributed by atoms with Gasteiger partial charge in [-0.15, -0.1) is 11.8 Å². The normalized spacial score (nSPS) is 13.0. The fourth-order valence-electron chi connectivity index (χ4n) is 2.63. The van der Waals surface area contributed by atoms with Crippen molar-refractivity contribution < 1.29 is 28.9 Å². The zero-order valence-corrected chi connectivity index (χ0v) is 19.5. The quantitative estimate of drug-likeness (QED) is 0.388. The maximum absolute atomic E-state index is 12.2. The molecule has 0 aliphatic carbocycles. The molecule has 0 fully saturated rings. The second-order valence-electron chi connectivity index (χ2n) is 8.11. The highest BCUT2D eigenvalue weighted by Crippen LogP contribution is 2.20. The number of ether oxygens (including phenoxy) is 3. The van der Waals surface area contributed by atoms with Gasteiger partial charge < -0.3 is 24.6 Å². The van der Waals surface area contributed by atoms with E-state index >= 15 is 0 Å². The first kappa shape index (κ1) is 25.5. The standard InChI is InChI=1S/C24H31NO6S/c1-24(2,3)31-22(27)25-20(17-32-19-12-8-5-9-13-19)21(26)14-15-29-23(28)30-16-18-10-6-4-7-11-18/h4-13,20-21,26H,14-17H2,1-3H3,(H,25,27). The van der Waals surface area contributed by atoms with Crippen molar-refractivity contribution in [2.75, 3.05) is 12.4 Å². The second kappa shape index (κ2) is 13.0. The van der Waals surface area contributed by atoms with Gasteiger partial charge in [-0.1, -0.05) is 48.5 Å². The highest BCUT2D eigenvalue weighted by atomic mass is 32.2. The summed E-state index contributed by atoms with van der Waals surface area (Å²) in [6.45, 7) is 5.37. The fraction of sp³-hybridized carbons (Fsp3) is 0.417. The van der Waals surface area contributed by atoms with Crippen LogP contribution in [-0.2, 0) is 20.8 Å². The van der Waals surface area contributed by atoms with Gasteiger partial charge >= 0.3 is 12.2 Å². The van der Waals surface area contributed by atoms with Crippen molar-refractivity contribution in [3.8, 4) is 0 Å². The van der Waals surface area contributed by atoms with Gasteiger partial charge in [0.1, 0.15) is 12.2 Å². The molecule has 1 amide bonds. The third-order valence-corrected chi connectivity index (χ3v) is 5.30. The lowest BCUT2D eigenvalue weighted by molar-refractivity contribution is 0.0273. The van der Waals surface area contributed by atoms with Crippen molar-refractivity contribution in [3.05, 3.63) is 66.2 Å². The third kappa shape index (κ3) is 10.5. The van der Waals surface area contributed by atoms with Crippen LogP contribution in [0.3, 0.4) is 0 Å². The van der Waals surface area contributed by atoms with Gasteiger partial charge in [0.25, 0.3) is 0 Å². The summed E-state index contributed by atoms with van der Waals surface area (Å²) in [6.07, 6.45) is -2.23. The van der Waals surface area contributed by atoms with Gasteiger partial charge in [-0.2, -0.15) is 0 Å². The van der Waals surface area contributed by atoms with Crippen molar-refractivity contribution >= 4 is 24.0 Å². The van der Waals surface area contributed by atoms with Gasteiger partial charge in [-0.3, -0.25) is 0 Å². The molecule has 174 valence electrons. The number of thioether (sulfide) groups is 1. The first-order valence-electron chi connectivity index (χ1n) is 10.4.